The Morgan fingerprint density at radius 3 is 2.78 bits per heavy atom. The maximum atomic E-state index is 11.7. The number of aromatic nitrogens is 2. The van der Waals surface area contributed by atoms with Crippen molar-refractivity contribution in [3.05, 3.63) is 47.8 Å². The van der Waals surface area contributed by atoms with Crippen molar-refractivity contribution in [1.82, 2.24) is 9.97 Å². The highest BCUT2D eigenvalue weighted by molar-refractivity contribution is 7.86. The van der Waals surface area contributed by atoms with Crippen molar-refractivity contribution in [2.75, 3.05) is 0 Å². The fraction of sp³-hybridized carbons (Fsp3) is 0.182. The van der Waals surface area contributed by atoms with E-state index in [9.17, 15) is 8.42 Å². The molecule has 2 aromatic rings. The molecular weight excluding hydrogens is 254 g/mol. The molecule has 0 spiro atoms. The molecule has 2 rings (SSSR count). The van der Waals surface area contributed by atoms with Crippen LogP contribution in [0.1, 0.15) is 11.1 Å². The molecule has 96 valence electrons. The lowest BCUT2D eigenvalue weighted by Gasteiger charge is -2.04. The molecule has 3 N–H and O–H groups in total. The van der Waals surface area contributed by atoms with E-state index in [1.807, 2.05) is 6.07 Å². The van der Waals surface area contributed by atoms with Gasteiger partial charge in [0.25, 0.3) is 5.16 Å². The van der Waals surface area contributed by atoms with E-state index in [4.69, 9.17) is 9.92 Å². The zero-order valence-corrected chi connectivity index (χ0v) is 10.4. The lowest BCUT2D eigenvalue weighted by atomic mass is 10.1. The van der Waals surface area contributed by atoms with Gasteiger partial charge in [-0.1, -0.05) is 24.3 Å². The summed E-state index contributed by atoms with van der Waals surface area (Å²) in [7, 11) is -3.83. The smallest absolute Gasteiger partial charge is 0.331 e. The van der Waals surface area contributed by atoms with Crippen LogP contribution in [0.5, 0.6) is 0 Å². The molecule has 7 heteroatoms. The highest BCUT2D eigenvalue weighted by atomic mass is 32.2. The van der Waals surface area contributed by atoms with E-state index in [1.54, 1.807) is 18.2 Å². The molecular formula is C11H13N3O3S. The molecule has 0 atom stereocenters. The van der Waals surface area contributed by atoms with Gasteiger partial charge in [-0.05, 0) is 11.1 Å². The monoisotopic (exact) mass is 267 g/mol. The zero-order chi connectivity index (χ0) is 13.0. The van der Waals surface area contributed by atoms with Crippen LogP contribution in [0.4, 0.5) is 0 Å². The third kappa shape index (κ3) is 2.95. The molecule has 0 amide bonds. The number of aromatic amines is 1. The van der Waals surface area contributed by atoms with Gasteiger partial charge in [-0.15, -0.1) is 0 Å². The Morgan fingerprint density at radius 1 is 1.33 bits per heavy atom. The van der Waals surface area contributed by atoms with E-state index in [0.717, 1.165) is 11.1 Å². The fourth-order valence-electron chi connectivity index (χ4n) is 1.44. The maximum absolute atomic E-state index is 11.7. The van der Waals surface area contributed by atoms with Gasteiger partial charge in [0, 0.05) is 18.9 Å². The first-order valence-electron chi connectivity index (χ1n) is 5.28. The number of hydrogen-bond acceptors (Lipinski definition) is 5. The van der Waals surface area contributed by atoms with Gasteiger partial charge in [-0.3, -0.25) is 4.18 Å². The molecule has 6 nitrogen and oxygen atoms in total. The van der Waals surface area contributed by atoms with Crippen molar-refractivity contribution in [3.8, 4) is 0 Å². The third-order valence-corrected chi connectivity index (χ3v) is 3.44. The van der Waals surface area contributed by atoms with Crippen LogP contribution in [0.15, 0.2) is 41.8 Å². The minimum Gasteiger partial charge on any atom is -0.334 e. The first-order valence-corrected chi connectivity index (χ1v) is 6.69. The standard InChI is InChI=1S/C11H13N3O3S/c12-7-9-2-1-3-10(6-9)8-17-18(15,16)11-13-4-5-14-11/h1-6H,7-8,12H2,(H,13,14). The molecule has 0 radical (unpaired) electrons. The van der Waals surface area contributed by atoms with Crippen molar-refractivity contribution >= 4 is 10.1 Å². The van der Waals surface area contributed by atoms with E-state index >= 15 is 0 Å². The summed E-state index contributed by atoms with van der Waals surface area (Å²) in [6, 6.07) is 7.25. The molecule has 1 aromatic carbocycles. The molecule has 0 saturated carbocycles. The fourth-order valence-corrected chi connectivity index (χ4v) is 2.24. The number of imidazole rings is 1. The van der Waals surface area contributed by atoms with Crippen LogP contribution in [0.2, 0.25) is 0 Å². The van der Waals surface area contributed by atoms with Crippen molar-refractivity contribution in [2.45, 2.75) is 18.3 Å². The van der Waals surface area contributed by atoms with E-state index < -0.39 is 10.1 Å². The normalized spacial score (nSPS) is 11.6. The Kier molecular flexibility index (Phi) is 3.75. The average molecular weight is 267 g/mol. The highest BCUT2D eigenvalue weighted by Crippen LogP contribution is 2.11. The Labute approximate surface area is 105 Å². The summed E-state index contributed by atoms with van der Waals surface area (Å²) < 4.78 is 28.3. The summed E-state index contributed by atoms with van der Waals surface area (Å²) in [6.07, 6.45) is 2.77. The lowest BCUT2D eigenvalue weighted by molar-refractivity contribution is 0.305. The van der Waals surface area contributed by atoms with E-state index in [0.29, 0.717) is 6.54 Å². The van der Waals surface area contributed by atoms with E-state index in [1.165, 1.54) is 12.4 Å². The topological polar surface area (TPSA) is 98.1 Å². The Hall–Kier alpha value is -1.70. The van der Waals surface area contributed by atoms with Crippen molar-refractivity contribution in [2.24, 2.45) is 5.73 Å². The molecule has 18 heavy (non-hydrogen) atoms. The van der Waals surface area contributed by atoms with Crippen molar-refractivity contribution < 1.29 is 12.6 Å². The Balaban J connectivity index is 2.07. The predicted octanol–water partition coefficient (Wildman–Crippen LogP) is 0.774. The summed E-state index contributed by atoms with van der Waals surface area (Å²) >= 11 is 0. The van der Waals surface area contributed by atoms with Crippen LogP contribution in [0.3, 0.4) is 0 Å². The number of hydrogen-bond donors (Lipinski definition) is 2. The molecule has 0 aliphatic carbocycles. The molecule has 0 aliphatic heterocycles. The quantitative estimate of drug-likeness (QED) is 0.780. The summed E-state index contributed by atoms with van der Waals surface area (Å²) in [6.45, 7) is 0.357. The molecule has 0 aliphatic rings. The summed E-state index contributed by atoms with van der Waals surface area (Å²) in [4.78, 5) is 6.14. The summed E-state index contributed by atoms with van der Waals surface area (Å²) in [5, 5.41) is -0.197. The summed E-state index contributed by atoms with van der Waals surface area (Å²) in [5.41, 5.74) is 7.17. The van der Waals surface area contributed by atoms with E-state index in [2.05, 4.69) is 9.97 Å². The minimum atomic E-state index is -3.83. The largest absolute Gasteiger partial charge is 0.334 e. The second-order valence-corrected chi connectivity index (χ2v) is 5.17. The Morgan fingerprint density at radius 2 is 2.11 bits per heavy atom. The van der Waals surface area contributed by atoms with Gasteiger partial charge < -0.3 is 10.7 Å². The molecule has 0 fully saturated rings. The maximum Gasteiger partial charge on any atom is 0.331 e. The van der Waals surface area contributed by atoms with Crippen LogP contribution >= 0.6 is 0 Å². The SMILES string of the molecule is NCc1cccc(COS(=O)(=O)c2ncc[nH]2)c1. The summed E-state index contributed by atoms with van der Waals surface area (Å²) in [5.74, 6) is 0. The lowest BCUT2D eigenvalue weighted by Crippen LogP contribution is -2.08. The Bertz CT molecular complexity index is 608. The molecule has 1 aromatic heterocycles. The molecule has 0 saturated heterocycles. The number of nitrogens with two attached hydrogens (primary N) is 1. The third-order valence-electron chi connectivity index (χ3n) is 2.32. The highest BCUT2D eigenvalue weighted by Gasteiger charge is 2.17. The van der Waals surface area contributed by atoms with Gasteiger partial charge in [0.1, 0.15) is 0 Å². The number of nitrogens with one attached hydrogen (secondary N) is 1. The first-order chi connectivity index (χ1) is 8.62. The van der Waals surface area contributed by atoms with Gasteiger partial charge >= 0.3 is 10.1 Å². The van der Waals surface area contributed by atoms with Crippen molar-refractivity contribution in [3.63, 3.8) is 0 Å². The van der Waals surface area contributed by atoms with Crippen molar-refractivity contribution in [1.29, 1.82) is 0 Å². The molecule has 0 bridgehead atoms. The second-order valence-electron chi connectivity index (χ2n) is 3.63. The zero-order valence-electron chi connectivity index (χ0n) is 9.54. The van der Waals surface area contributed by atoms with E-state index in [-0.39, 0.29) is 11.8 Å². The van der Waals surface area contributed by atoms with Crippen LogP contribution in [-0.4, -0.2) is 18.4 Å². The second kappa shape index (κ2) is 5.30. The number of benzene rings is 1. The number of H-pyrrole nitrogens is 1. The predicted molar refractivity (Wildman–Crippen MR) is 64.9 cm³/mol. The van der Waals surface area contributed by atoms with Crippen LogP contribution in [0.25, 0.3) is 0 Å². The van der Waals surface area contributed by atoms with Gasteiger partial charge in [0.2, 0.25) is 0 Å². The van der Waals surface area contributed by atoms with Crippen LogP contribution in [-0.2, 0) is 27.5 Å². The number of rotatable bonds is 5. The van der Waals surface area contributed by atoms with Gasteiger partial charge in [-0.25, -0.2) is 4.98 Å². The van der Waals surface area contributed by atoms with Gasteiger partial charge in [-0.2, -0.15) is 8.42 Å². The van der Waals surface area contributed by atoms with Crippen LogP contribution in [0, 0.1) is 0 Å². The van der Waals surface area contributed by atoms with Crippen LogP contribution < -0.4 is 5.73 Å². The molecule has 1 heterocycles. The first kappa shape index (κ1) is 12.7. The average Bonchev–Trinajstić information content (AvgIpc) is 2.91. The van der Waals surface area contributed by atoms with Gasteiger partial charge in [0.15, 0.2) is 0 Å². The number of nitrogens with zero attached hydrogens (tertiary/aromatic N) is 1. The molecule has 0 unspecified atom stereocenters. The minimum absolute atomic E-state index is 0.0448. The van der Waals surface area contributed by atoms with Gasteiger partial charge in [0.05, 0.1) is 6.61 Å².